The summed E-state index contributed by atoms with van der Waals surface area (Å²) in [6.45, 7) is 3.88. The SMILES string of the molecule is CC(=O)c1ccc(C#Cc2ccc(C3(C)CC3)cc2)cc1. The topological polar surface area (TPSA) is 17.1 Å². The number of Topliss-reactive ketones (excluding diaryl/α,β-unsaturated/α-hetero) is 1. The van der Waals surface area contributed by atoms with E-state index in [1.807, 2.05) is 24.3 Å². The Kier molecular flexibility index (Phi) is 3.39. The van der Waals surface area contributed by atoms with Crippen LogP contribution in [0.1, 0.15) is 53.7 Å². The van der Waals surface area contributed by atoms with Gasteiger partial charge in [0.05, 0.1) is 0 Å². The average molecular weight is 274 g/mol. The molecule has 0 radical (unpaired) electrons. The van der Waals surface area contributed by atoms with Crippen LogP contribution in [0.3, 0.4) is 0 Å². The number of carbonyl (C=O) groups is 1. The van der Waals surface area contributed by atoms with Crippen LogP contribution in [0.25, 0.3) is 0 Å². The van der Waals surface area contributed by atoms with Crippen molar-refractivity contribution in [3.05, 3.63) is 70.8 Å². The Morgan fingerprint density at radius 2 is 1.38 bits per heavy atom. The zero-order chi connectivity index (χ0) is 14.9. The Bertz CT molecular complexity index is 720. The van der Waals surface area contributed by atoms with Crippen molar-refractivity contribution in [1.82, 2.24) is 0 Å². The first-order valence-electron chi connectivity index (χ1n) is 7.30. The highest BCUT2D eigenvalue weighted by Crippen LogP contribution is 2.47. The Labute approximate surface area is 126 Å². The number of hydrogen-bond acceptors (Lipinski definition) is 1. The van der Waals surface area contributed by atoms with Crippen molar-refractivity contribution in [2.24, 2.45) is 0 Å². The fourth-order valence-electron chi connectivity index (χ4n) is 2.36. The third kappa shape index (κ3) is 3.06. The summed E-state index contributed by atoms with van der Waals surface area (Å²) < 4.78 is 0. The molecule has 1 nitrogen and oxygen atoms in total. The number of benzene rings is 2. The fraction of sp³-hybridized carbons (Fsp3) is 0.250. The lowest BCUT2D eigenvalue weighted by molar-refractivity contribution is 0.101. The molecule has 1 aliphatic carbocycles. The van der Waals surface area contributed by atoms with Crippen LogP contribution in [0.15, 0.2) is 48.5 Å². The Hall–Kier alpha value is -2.33. The maximum Gasteiger partial charge on any atom is 0.159 e. The van der Waals surface area contributed by atoms with Gasteiger partial charge in [-0.05, 0) is 55.0 Å². The van der Waals surface area contributed by atoms with E-state index in [2.05, 4.69) is 43.0 Å². The van der Waals surface area contributed by atoms with Gasteiger partial charge in [-0.1, -0.05) is 43.0 Å². The lowest BCUT2D eigenvalue weighted by atomic mass is 9.97. The van der Waals surface area contributed by atoms with Crippen LogP contribution >= 0.6 is 0 Å². The lowest BCUT2D eigenvalue weighted by Gasteiger charge is -2.07. The first kappa shape index (κ1) is 13.6. The van der Waals surface area contributed by atoms with Gasteiger partial charge in [0.2, 0.25) is 0 Å². The summed E-state index contributed by atoms with van der Waals surface area (Å²) in [5, 5.41) is 0. The first-order chi connectivity index (χ1) is 10.1. The minimum atomic E-state index is 0.0821. The predicted molar refractivity (Wildman–Crippen MR) is 85.5 cm³/mol. The van der Waals surface area contributed by atoms with E-state index in [-0.39, 0.29) is 5.78 Å². The fourth-order valence-corrected chi connectivity index (χ4v) is 2.36. The third-order valence-corrected chi connectivity index (χ3v) is 4.22. The summed E-state index contributed by atoms with van der Waals surface area (Å²) >= 11 is 0. The van der Waals surface area contributed by atoms with Crippen LogP contribution in [0, 0.1) is 11.8 Å². The van der Waals surface area contributed by atoms with Crippen molar-refractivity contribution in [3.8, 4) is 11.8 Å². The van der Waals surface area contributed by atoms with Crippen LogP contribution in [0.5, 0.6) is 0 Å². The minimum Gasteiger partial charge on any atom is -0.295 e. The van der Waals surface area contributed by atoms with Crippen molar-refractivity contribution in [2.45, 2.75) is 32.1 Å². The van der Waals surface area contributed by atoms with Crippen molar-refractivity contribution >= 4 is 5.78 Å². The van der Waals surface area contributed by atoms with Crippen LogP contribution in [-0.2, 0) is 5.41 Å². The second kappa shape index (κ2) is 5.22. The monoisotopic (exact) mass is 274 g/mol. The zero-order valence-corrected chi connectivity index (χ0v) is 12.4. The van der Waals surface area contributed by atoms with Gasteiger partial charge in [0.25, 0.3) is 0 Å². The van der Waals surface area contributed by atoms with E-state index in [4.69, 9.17) is 0 Å². The van der Waals surface area contributed by atoms with E-state index < -0.39 is 0 Å². The van der Waals surface area contributed by atoms with Gasteiger partial charge in [-0.2, -0.15) is 0 Å². The highest BCUT2D eigenvalue weighted by Gasteiger charge is 2.38. The van der Waals surface area contributed by atoms with Gasteiger partial charge in [0.15, 0.2) is 5.78 Å². The molecule has 1 aliphatic rings. The number of ketones is 1. The quantitative estimate of drug-likeness (QED) is 0.588. The molecule has 0 heterocycles. The molecular formula is C20H18O. The molecule has 2 aromatic carbocycles. The molecule has 3 rings (SSSR count). The summed E-state index contributed by atoms with van der Waals surface area (Å²) in [5.41, 5.74) is 4.51. The molecule has 0 aromatic heterocycles. The van der Waals surface area contributed by atoms with E-state index in [0.717, 1.165) is 16.7 Å². The van der Waals surface area contributed by atoms with E-state index >= 15 is 0 Å². The van der Waals surface area contributed by atoms with Crippen LogP contribution in [-0.4, -0.2) is 5.78 Å². The molecule has 0 unspecified atom stereocenters. The van der Waals surface area contributed by atoms with Crippen LogP contribution < -0.4 is 0 Å². The Morgan fingerprint density at radius 1 is 0.905 bits per heavy atom. The normalized spacial score (nSPS) is 15.0. The molecule has 0 aliphatic heterocycles. The van der Waals surface area contributed by atoms with Gasteiger partial charge in [-0.15, -0.1) is 0 Å². The zero-order valence-electron chi connectivity index (χ0n) is 12.4. The van der Waals surface area contributed by atoms with E-state index in [1.165, 1.54) is 18.4 Å². The van der Waals surface area contributed by atoms with Crippen molar-refractivity contribution in [3.63, 3.8) is 0 Å². The lowest BCUT2D eigenvalue weighted by Crippen LogP contribution is -1.98. The van der Waals surface area contributed by atoms with Crippen molar-refractivity contribution in [1.29, 1.82) is 0 Å². The molecule has 1 fully saturated rings. The Balaban J connectivity index is 1.76. The van der Waals surface area contributed by atoms with Crippen LogP contribution in [0.4, 0.5) is 0 Å². The standard InChI is InChI=1S/C20H18O/c1-15(21)18-9-5-16(6-10-18)3-4-17-7-11-19(12-8-17)20(2)13-14-20/h5-12H,13-14H2,1-2H3. The van der Waals surface area contributed by atoms with Gasteiger partial charge >= 0.3 is 0 Å². The van der Waals surface area contributed by atoms with Gasteiger partial charge in [-0.3, -0.25) is 4.79 Å². The van der Waals surface area contributed by atoms with Crippen molar-refractivity contribution in [2.75, 3.05) is 0 Å². The molecule has 21 heavy (non-hydrogen) atoms. The molecule has 1 heteroatoms. The molecule has 104 valence electrons. The summed E-state index contributed by atoms with van der Waals surface area (Å²) in [7, 11) is 0. The number of hydrogen-bond donors (Lipinski definition) is 0. The predicted octanol–water partition coefficient (Wildman–Crippen LogP) is 4.34. The highest BCUT2D eigenvalue weighted by atomic mass is 16.1. The first-order valence-corrected chi connectivity index (χ1v) is 7.30. The molecule has 1 saturated carbocycles. The molecule has 0 bridgehead atoms. The molecule has 0 saturated heterocycles. The number of carbonyl (C=O) groups excluding carboxylic acids is 1. The maximum atomic E-state index is 11.2. The van der Waals surface area contributed by atoms with Gasteiger partial charge in [-0.25, -0.2) is 0 Å². The smallest absolute Gasteiger partial charge is 0.159 e. The summed E-state index contributed by atoms with van der Waals surface area (Å²) in [6.07, 6.45) is 2.58. The second-order valence-corrected chi connectivity index (χ2v) is 6.02. The molecule has 0 spiro atoms. The average Bonchev–Trinajstić information content (AvgIpc) is 3.25. The van der Waals surface area contributed by atoms with E-state index in [9.17, 15) is 4.79 Å². The molecule has 0 N–H and O–H groups in total. The van der Waals surface area contributed by atoms with Gasteiger partial charge < -0.3 is 0 Å². The number of rotatable bonds is 2. The summed E-state index contributed by atoms with van der Waals surface area (Å²) in [4.78, 5) is 11.2. The van der Waals surface area contributed by atoms with Gasteiger partial charge in [0, 0.05) is 16.7 Å². The molecule has 0 atom stereocenters. The summed E-state index contributed by atoms with van der Waals surface area (Å²) in [5.74, 6) is 6.40. The Morgan fingerprint density at radius 3 is 1.81 bits per heavy atom. The maximum absolute atomic E-state index is 11.2. The largest absolute Gasteiger partial charge is 0.295 e. The second-order valence-electron chi connectivity index (χ2n) is 6.02. The highest BCUT2D eigenvalue weighted by molar-refractivity contribution is 5.94. The third-order valence-electron chi connectivity index (χ3n) is 4.22. The van der Waals surface area contributed by atoms with Crippen molar-refractivity contribution < 1.29 is 4.79 Å². The van der Waals surface area contributed by atoms with Crippen LogP contribution in [0.2, 0.25) is 0 Å². The molecular weight excluding hydrogens is 256 g/mol. The minimum absolute atomic E-state index is 0.0821. The van der Waals surface area contributed by atoms with Gasteiger partial charge in [0.1, 0.15) is 0 Å². The van der Waals surface area contributed by atoms with E-state index in [0.29, 0.717) is 5.41 Å². The molecule has 2 aromatic rings. The van der Waals surface area contributed by atoms with E-state index in [1.54, 1.807) is 6.92 Å². The molecule has 0 amide bonds. The summed E-state index contributed by atoms with van der Waals surface area (Å²) in [6, 6.07) is 16.0.